The number of hydrogen-bond acceptors (Lipinski definition) is 9. The smallest absolute Gasteiger partial charge is 0.287 e. The molecule has 4 N–H and O–H groups in total. The largest absolute Gasteiger partial charge is 0.394 e. The van der Waals surface area contributed by atoms with E-state index in [1.807, 2.05) is 41.1 Å². The minimum Gasteiger partial charge on any atom is -0.394 e. The number of nitrogens with zero attached hydrogens (tertiary/aromatic N) is 2. The Morgan fingerprint density at radius 1 is 1.19 bits per heavy atom. The molecule has 0 fully saturated rings. The SMILES string of the molecule is N/C(C=O)=C(/C=O)N1CCc2ccc(CNC(=O)c3nc4scc(-c5cccs5)c4c(=O)[nH]3)cc2C1. The summed E-state index contributed by atoms with van der Waals surface area (Å²) in [5.74, 6) is -0.523. The number of thiophene rings is 2. The van der Waals surface area contributed by atoms with Crippen LogP contribution < -0.4 is 16.6 Å². The van der Waals surface area contributed by atoms with Gasteiger partial charge in [-0.15, -0.1) is 22.7 Å². The lowest BCUT2D eigenvalue weighted by Crippen LogP contribution is -2.33. The first-order chi connectivity index (χ1) is 17.5. The summed E-state index contributed by atoms with van der Waals surface area (Å²) >= 11 is 2.87. The normalized spacial score (nSPS) is 13.7. The van der Waals surface area contributed by atoms with Gasteiger partial charge in [-0.2, -0.15) is 0 Å². The maximum Gasteiger partial charge on any atom is 0.287 e. The quantitative estimate of drug-likeness (QED) is 0.252. The van der Waals surface area contributed by atoms with Crippen LogP contribution in [-0.2, 0) is 29.1 Å². The third-order valence-corrected chi connectivity index (χ3v) is 7.83. The standard InChI is InChI=1S/C25H21N5O4S2/c26-18(11-31)19(12-32)30-6-5-15-4-3-14(8-16(15)10-30)9-27-24(34)22-28-23(33)21-17(13-36-25(21)29-22)20-2-1-7-35-20/h1-4,7-8,11-13H,5-6,9-10,26H2,(H,27,34)(H,28,29,33)/b19-18-. The summed E-state index contributed by atoms with van der Waals surface area (Å²) in [7, 11) is 0. The predicted octanol–water partition coefficient (Wildman–Crippen LogP) is 2.57. The third kappa shape index (κ3) is 4.45. The number of fused-ring (bicyclic) bond motifs is 2. The fourth-order valence-corrected chi connectivity index (χ4v) is 6.01. The van der Waals surface area contributed by atoms with Crippen molar-refractivity contribution in [1.29, 1.82) is 0 Å². The number of hydrogen-bond donors (Lipinski definition) is 3. The Labute approximate surface area is 213 Å². The number of aldehydes is 2. The highest BCUT2D eigenvalue weighted by Crippen LogP contribution is 2.33. The van der Waals surface area contributed by atoms with Crippen LogP contribution in [0.3, 0.4) is 0 Å². The van der Waals surface area contributed by atoms with E-state index in [1.165, 1.54) is 22.7 Å². The van der Waals surface area contributed by atoms with Gasteiger partial charge in [0, 0.05) is 35.5 Å². The van der Waals surface area contributed by atoms with Crippen LogP contribution in [-0.4, -0.2) is 39.9 Å². The molecule has 0 spiro atoms. The molecule has 0 radical (unpaired) electrons. The van der Waals surface area contributed by atoms with Gasteiger partial charge in [0.2, 0.25) is 5.82 Å². The molecule has 0 aliphatic carbocycles. The molecule has 0 saturated carbocycles. The molecule has 1 aromatic carbocycles. The first-order valence-electron chi connectivity index (χ1n) is 11.1. The molecular formula is C25H21N5O4S2. The van der Waals surface area contributed by atoms with E-state index >= 15 is 0 Å². The highest BCUT2D eigenvalue weighted by atomic mass is 32.1. The second kappa shape index (κ2) is 9.88. The fraction of sp³-hybridized carbons (Fsp3) is 0.160. The number of aromatic amines is 1. The first-order valence-corrected chi connectivity index (χ1v) is 12.8. The molecule has 1 amide bonds. The monoisotopic (exact) mass is 519 g/mol. The summed E-state index contributed by atoms with van der Waals surface area (Å²) in [5, 5.41) is 7.12. The fourth-order valence-electron chi connectivity index (χ4n) is 4.25. The third-order valence-electron chi connectivity index (χ3n) is 6.06. The maximum absolute atomic E-state index is 12.8. The molecule has 4 aromatic rings. The maximum atomic E-state index is 12.8. The number of carbonyl (C=O) groups excluding carboxylic acids is 3. The number of allylic oxidation sites excluding steroid dienone is 2. The van der Waals surface area contributed by atoms with Crippen molar-refractivity contribution >= 4 is 51.4 Å². The lowest BCUT2D eigenvalue weighted by molar-refractivity contribution is -0.108. The van der Waals surface area contributed by atoms with Crippen molar-refractivity contribution in [3.8, 4) is 10.4 Å². The van der Waals surface area contributed by atoms with Crippen molar-refractivity contribution < 1.29 is 14.4 Å². The van der Waals surface area contributed by atoms with Crippen LogP contribution >= 0.6 is 22.7 Å². The minimum absolute atomic E-state index is 0.0404. The molecule has 182 valence electrons. The van der Waals surface area contributed by atoms with Gasteiger partial charge in [0.1, 0.15) is 10.5 Å². The van der Waals surface area contributed by atoms with Crippen molar-refractivity contribution in [2.24, 2.45) is 5.73 Å². The molecule has 1 aliphatic rings. The average molecular weight is 520 g/mol. The number of H-pyrrole nitrogens is 1. The van der Waals surface area contributed by atoms with E-state index in [2.05, 4.69) is 15.3 Å². The Kier molecular flexibility index (Phi) is 6.49. The van der Waals surface area contributed by atoms with Crippen LogP contribution in [0.4, 0.5) is 0 Å². The number of rotatable bonds is 7. The molecule has 9 nitrogen and oxygen atoms in total. The molecule has 5 rings (SSSR count). The second-order valence-corrected chi connectivity index (χ2v) is 10.1. The van der Waals surface area contributed by atoms with E-state index < -0.39 is 5.91 Å². The van der Waals surface area contributed by atoms with Crippen LogP contribution in [0.5, 0.6) is 0 Å². The summed E-state index contributed by atoms with van der Waals surface area (Å²) in [5.41, 5.74) is 9.19. The second-order valence-electron chi connectivity index (χ2n) is 8.25. The van der Waals surface area contributed by atoms with E-state index in [9.17, 15) is 19.2 Å². The summed E-state index contributed by atoms with van der Waals surface area (Å²) in [6.45, 7) is 1.23. The zero-order valence-electron chi connectivity index (χ0n) is 18.9. The highest BCUT2D eigenvalue weighted by molar-refractivity contribution is 7.18. The zero-order chi connectivity index (χ0) is 25.2. The van der Waals surface area contributed by atoms with Gasteiger partial charge in [0.15, 0.2) is 12.6 Å². The van der Waals surface area contributed by atoms with Crippen molar-refractivity contribution in [3.05, 3.63) is 85.4 Å². The van der Waals surface area contributed by atoms with Crippen molar-refractivity contribution in [1.82, 2.24) is 20.2 Å². The molecule has 0 bridgehead atoms. The van der Waals surface area contributed by atoms with Gasteiger partial charge >= 0.3 is 0 Å². The Balaban J connectivity index is 1.32. The summed E-state index contributed by atoms with van der Waals surface area (Å²) in [6.07, 6.45) is 1.77. The topological polar surface area (TPSA) is 138 Å². The predicted molar refractivity (Wildman–Crippen MR) is 139 cm³/mol. The van der Waals surface area contributed by atoms with Crippen molar-refractivity contribution in [2.75, 3.05) is 6.54 Å². The Bertz CT molecular complexity index is 1570. The van der Waals surface area contributed by atoms with Gasteiger partial charge in [0.25, 0.3) is 11.5 Å². The molecule has 3 aromatic heterocycles. The molecule has 1 aliphatic heterocycles. The Morgan fingerprint density at radius 3 is 2.81 bits per heavy atom. The van der Waals surface area contributed by atoms with Gasteiger partial charge in [0.05, 0.1) is 11.1 Å². The van der Waals surface area contributed by atoms with E-state index in [0.717, 1.165) is 27.1 Å². The van der Waals surface area contributed by atoms with Crippen molar-refractivity contribution in [3.63, 3.8) is 0 Å². The number of aromatic nitrogens is 2. The highest BCUT2D eigenvalue weighted by Gasteiger charge is 2.21. The number of nitrogens with one attached hydrogen (secondary N) is 2. The average Bonchev–Trinajstić information content (AvgIpc) is 3.57. The number of amides is 1. The van der Waals surface area contributed by atoms with Gasteiger partial charge in [-0.3, -0.25) is 19.2 Å². The minimum atomic E-state index is -0.482. The van der Waals surface area contributed by atoms with Gasteiger partial charge < -0.3 is 20.9 Å². The summed E-state index contributed by atoms with van der Waals surface area (Å²) < 4.78 is 0. The summed E-state index contributed by atoms with van der Waals surface area (Å²) in [4.78, 5) is 58.3. The molecule has 0 saturated heterocycles. The van der Waals surface area contributed by atoms with E-state index in [-0.39, 0.29) is 29.3 Å². The zero-order valence-corrected chi connectivity index (χ0v) is 20.6. The first kappa shape index (κ1) is 23.6. The molecule has 36 heavy (non-hydrogen) atoms. The molecular weight excluding hydrogens is 498 g/mol. The van der Waals surface area contributed by atoms with E-state index in [1.54, 1.807) is 4.90 Å². The van der Waals surface area contributed by atoms with E-state index in [0.29, 0.717) is 42.3 Å². The number of nitrogens with two attached hydrogens (primary N) is 1. The Hall–Kier alpha value is -4.09. The van der Waals surface area contributed by atoms with Crippen LogP contribution in [0.1, 0.15) is 27.3 Å². The van der Waals surface area contributed by atoms with Gasteiger partial charge in [-0.1, -0.05) is 24.3 Å². The van der Waals surface area contributed by atoms with Crippen LogP contribution in [0.2, 0.25) is 0 Å². The molecule has 11 heteroatoms. The Morgan fingerprint density at radius 2 is 2.06 bits per heavy atom. The summed E-state index contributed by atoms with van der Waals surface area (Å²) in [6, 6.07) is 9.73. The van der Waals surface area contributed by atoms with Gasteiger partial charge in [-0.05, 0) is 34.6 Å². The van der Waals surface area contributed by atoms with Gasteiger partial charge in [-0.25, -0.2) is 4.98 Å². The molecule has 0 atom stereocenters. The van der Waals surface area contributed by atoms with E-state index in [4.69, 9.17) is 5.73 Å². The van der Waals surface area contributed by atoms with Crippen molar-refractivity contribution in [2.45, 2.75) is 19.5 Å². The number of benzene rings is 1. The van der Waals surface area contributed by atoms with Crippen LogP contribution in [0.15, 0.2) is 57.3 Å². The lowest BCUT2D eigenvalue weighted by atomic mass is 9.97. The van der Waals surface area contributed by atoms with Crippen LogP contribution in [0.25, 0.3) is 20.7 Å². The number of carbonyl (C=O) groups is 3. The lowest BCUT2D eigenvalue weighted by Gasteiger charge is -2.31. The molecule has 0 unspecified atom stereocenters. The van der Waals surface area contributed by atoms with Crippen LogP contribution in [0, 0.1) is 0 Å². The molecule has 4 heterocycles.